The fraction of sp³-hybridized carbons (Fsp3) is 0.526. The molecule has 1 unspecified atom stereocenters. The third kappa shape index (κ3) is 3.58. The highest BCUT2D eigenvalue weighted by atomic mass is 16.2. The van der Waals surface area contributed by atoms with Crippen LogP contribution in [0.1, 0.15) is 42.7 Å². The second kappa shape index (κ2) is 7.35. The first kappa shape index (κ1) is 16.3. The van der Waals surface area contributed by atoms with E-state index in [-0.39, 0.29) is 5.91 Å². The number of carbonyl (C=O) groups excluding carboxylic acids is 1. The van der Waals surface area contributed by atoms with Gasteiger partial charge in [0.25, 0.3) is 5.91 Å². The van der Waals surface area contributed by atoms with E-state index < -0.39 is 0 Å². The number of benzene rings is 1. The number of rotatable bonds is 3. The number of hydrogen-bond acceptors (Lipinski definition) is 4. The van der Waals surface area contributed by atoms with E-state index in [2.05, 4.69) is 15.0 Å². The van der Waals surface area contributed by atoms with Crippen LogP contribution in [0.5, 0.6) is 0 Å². The van der Waals surface area contributed by atoms with Gasteiger partial charge in [-0.2, -0.15) is 0 Å². The van der Waals surface area contributed by atoms with E-state index in [1.807, 2.05) is 35.2 Å². The third-order valence-electron chi connectivity index (χ3n) is 5.35. The van der Waals surface area contributed by atoms with Crippen LogP contribution < -0.4 is 0 Å². The van der Waals surface area contributed by atoms with Crippen LogP contribution in [0.2, 0.25) is 0 Å². The molecular formula is C19H25N5O. The van der Waals surface area contributed by atoms with Gasteiger partial charge in [0, 0.05) is 19.1 Å². The molecule has 0 aliphatic carbocycles. The molecule has 1 aromatic carbocycles. The Balaban J connectivity index is 1.42. The summed E-state index contributed by atoms with van der Waals surface area (Å²) in [7, 11) is 0. The molecule has 2 fully saturated rings. The summed E-state index contributed by atoms with van der Waals surface area (Å²) in [6, 6.07) is 10.4. The Morgan fingerprint density at radius 3 is 2.56 bits per heavy atom. The molecule has 6 nitrogen and oxygen atoms in total. The van der Waals surface area contributed by atoms with Crippen LogP contribution in [0.3, 0.4) is 0 Å². The molecule has 25 heavy (non-hydrogen) atoms. The van der Waals surface area contributed by atoms with Crippen molar-refractivity contribution in [3.8, 4) is 5.69 Å². The smallest absolute Gasteiger partial charge is 0.293 e. The Hall–Kier alpha value is -2.21. The molecule has 0 spiro atoms. The highest BCUT2D eigenvalue weighted by Gasteiger charge is 2.28. The van der Waals surface area contributed by atoms with Crippen LogP contribution >= 0.6 is 0 Å². The van der Waals surface area contributed by atoms with Crippen LogP contribution in [0.4, 0.5) is 0 Å². The summed E-state index contributed by atoms with van der Waals surface area (Å²) in [5.41, 5.74) is 0.916. The molecule has 4 rings (SSSR count). The summed E-state index contributed by atoms with van der Waals surface area (Å²) < 4.78 is 1.66. The molecule has 0 radical (unpaired) electrons. The Labute approximate surface area is 148 Å². The van der Waals surface area contributed by atoms with Crippen molar-refractivity contribution in [1.29, 1.82) is 0 Å². The minimum absolute atomic E-state index is 0.0447. The predicted octanol–water partition coefficient (Wildman–Crippen LogP) is 2.36. The molecular weight excluding hydrogens is 314 g/mol. The zero-order valence-electron chi connectivity index (χ0n) is 14.5. The van der Waals surface area contributed by atoms with E-state index >= 15 is 0 Å². The molecule has 2 saturated heterocycles. The van der Waals surface area contributed by atoms with Crippen molar-refractivity contribution in [2.24, 2.45) is 0 Å². The monoisotopic (exact) mass is 339 g/mol. The average molecular weight is 339 g/mol. The molecule has 2 aromatic rings. The second-order valence-corrected chi connectivity index (χ2v) is 6.97. The summed E-state index contributed by atoms with van der Waals surface area (Å²) in [5, 5.41) is 4.39. The first-order valence-corrected chi connectivity index (χ1v) is 9.32. The lowest BCUT2D eigenvalue weighted by molar-refractivity contribution is 0.0745. The summed E-state index contributed by atoms with van der Waals surface area (Å²) >= 11 is 0. The number of hydrogen-bond donors (Lipinski definition) is 0. The van der Waals surface area contributed by atoms with E-state index in [9.17, 15) is 4.79 Å². The summed E-state index contributed by atoms with van der Waals surface area (Å²) in [6.07, 6.45) is 7.57. The lowest BCUT2D eigenvalue weighted by Crippen LogP contribution is -2.36. The van der Waals surface area contributed by atoms with E-state index in [0.29, 0.717) is 11.9 Å². The van der Waals surface area contributed by atoms with Crippen molar-refractivity contribution in [3.05, 3.63) is 42.5 Å². The van der Waals surface area contributed by atoms with Crippen LogP contribution in [-0.4, -0.2) is 62.7 Å². The molecule has 1 atom stereocenters. The molecule has 2 aliphatic heterocycles. The lowest BCUT2D eigenvalue weighted by Gasteiger charge is -2.26. The molecule has 0 N–H and O–H groups in total. The van der Waals surface area contributed by atoms with Crippen molar-refractivity contribution in [3.63, 3.8) is 0 Å². The lowest BCUT2D eigenvalue weighted by atomic mass is 10.1. The fourth-order valence-corrected chi connectivity index (χ4v) is 3.96. The topological polar surface area (TPSA) is 54.3 Å². The second-order valence-electron chi connectivity index (χ2n) is 6.97. The van der Waals surface area contributed by atoms with Gasteiger partial charge < -0.3 is 9.80 Å². The minimum atomic E-state index is -0.0447. The molecule has 0 bridgehead atoms. The van der Waals surface area contributed by atoms with Crippen LogP contribution in [-0.2, 0) is 0 Å². The van der Waals surface area contributed by atoms with Crippen molar-refractivity contribution in [2.75, 3.05) is 26.2 Å². The average Bonchev–Trinajstić information content (AvgIpc) is 3.30. The van der Waals surface area contributed by atoms with Crippen molar-refractivity contribution in [1.82, 2.24) is 24.6 Å². The van der Waals surface area contributed by atoms with Crippen molar-refractivity contribution in [2.45, 2.75) is 38.1 Å². The number of carbonyl (C=O) groups is 1. The zero-order valence-corrected chi connectivity index (χ0v) is 14.5. The van der Waals surface area contributed by atoms with Gasteiger partial charge in [-0.3, -0.25) is 4.79 Å². The van der Waals surface area contributed by atoms with Gasteiger partial charge in [-0.15, -0.1) is 5.10 Å². The van der Waals surface area contributed by atoms with E-state index in [1.54, 1.807) is 11.0 Å². The van der Waals surface area contributed by atoms with Gasteiger partial charge in [0.1, 0.15) is 6.33 Å². The summed E-state index contributed by atoms with van der Waals surface area (Å²) in [4.78, 5) is 21.6. The third-order valence-corrected chi connectivity index (χ3v) is 5.35. The number of likely N-dealkylation sites (tertiary alicyclic amines) is 2. The number of nitrogens with zero attached hydrogens (tertiary/aromatic N) is 5. The maximum Gasteiger partial charge on any atom is 0.293 e. The van der Waals surface area contributed by atoms with Gasteiger partial charge in [-0.1, -0.05) is 18.2 Å². The summed E-state index contributed by atoms with van der Waals surface area (Å²) in [6.45, 7) is 4.06. The standard InChI is InChI=1S/C19H25N5O/c25-19(18-20-15-24(21-18)17-7-2-1-3-8-17)23-13-6-9-16(10-14-23)22-11-4-5-12-22/h1-3,7-8,15-16H,4-6,9-14H2. The SMILES string of the molecule is O=C(c1ncn(-c2ccccc2)n1)N1CCCC(N2CCCC2)CC1. The highest BCUT2D eigenvalue weighted by molar-refractivity contribution is 5.90. The quantitative estimate of drug-likeness (QED) is 0.861. The predicted molar refractivity (Wildman–Crippen MR) is 95.7 cm³/mol. The van der Waals surface area contributed by atoms with Crippen LogP contribution in [0.25, 0.3) is 5.69 Å². The first-order chi connectivity index (χ1) is 12.3. The van der Waals surface area contributed by atoms with Crippen LogP contribution in [0.15, 0.2) is 36.7 Å². The molecule has 1 amide bonds. The minimum Gasteiger partial charge on any atom is -0.336 e. The van der Waals surface area contributed by atoms with Gasteiger partial charge in [-0.05, 0) is 57.3 Å². The van der Waals surface area contributed by atoms with Gasteiger partial charge in [0.15, 0.2) is 0 Å². The molecule has 0 saturated carbocycles. The number of aromatic nitrogens is 3. The van der Waals surface area contributed by atoms with Crippen molar-refractivity contribution < 1.29 is 4.79 Å². The maximum absolute atomic E-state index is 12.8. The number of amides is 1. The Bertz CT molecular complexity index is 708. The van der Waals surface area contributed by atoms with Gasteiger partial charge in [0.2, 0.25) is 5.82 Å². The Morgan fingerprint density at radius 1 is 0.960 bits per heavy atom. The molecule has 6 heteroatoms. The molecule has 3 heterocycles. The fourth-order valence-electron chi connectivity index (χ4n) is 3.96. The highest BCUT2D eigenvalue weighted by Crippen LogP contribution is 2.21. The van der Waals surface area contributed by atoms with Gasteiger partial charge in [0.05, 0.1) is 5.69 Å². The van der Waals surface area contributed by atoms with Crippen LogP contribution in [0, 0.1) is 0 Å². The Morgan fingerprint density at radius 2 is 1.76 bits per heavy atom. The van der Waals surface area contributed by atoms with E-state index in [4.69, 9.17) is 0 Å². The van der Waals surface area contributed by atoms with E-state index in [0.717, 1.165) is 31.6 Å². The normalized spacial score (nSPS) is 22.1. The van der Waals surface area contributed by atoms with Gasteiger partial charge in [-0.25, -0.2) is 9.67 Å². The summed E-state index contributed by atoms with van der Waals surface area (Å²) in [5.74, 6) is 0.250. The maximum atomic E-state index is 12.8. The van der Waals surface area contributed by atoms with E-state index in [1.165, 1.54) is 32.4 Å². The Kier molecular flexibility index (Phi) is 4.78. The molecule has 1 aromatic heterocycles. The first-order valence-electron chi connectivity index (χ1n) is 9.32. The largest absolute Gasteiger partial charge is 0.336 e. The number of para-hydroxylation sites is 1. The molecule has 2 aliphatic rings. The van der Waals surface area contributed by atoms with Crippen molar-refractivity contribution >= 4 is 5.91 Å². The molecule has 132 valence electrons. The van der Waals surface area contributed by atoms with Gasteiger partial charge >= 0.3 is 0 Å². The zero-order chi connectivity index (χ0) is 17.1.